The van der Waals surface area contributed by atoms with E-state index in [0.29, 0.717) is 25.7 Å². The minimum absolute atomic E-state index is 0.329. The largest absolute Gasteiger partial charge is 0.370 e. The Bertz CT molecular complexity index is 504. The highest BCUT2D eigenvalue weighted by atomic mass is 16.1. The molecule has 126 valence electrons. The van der Waals surface area contributed by atoms with Crippen molar-refractivity contribution in [2.45, 2.75) is 25.7 Å². The van der Waals surface area contributed by atoms with Gasteiger partial charge in [-0.25, -0.2) is 0 Å². The van der Waals surface area contributed by atoms with E-state index in [4.69, 9.17) is 11.5 Å². The maximum Gasteiger partial charge on any atom is 0.217 e. The van der Waals surface area contributed by atoms with E-state index < -0.39 is 0 Å². The number of unbranched alkanes of at least 4 members (excludes halogenated alkanes) is 1. The van der Waals surface area contributed by atoms with Gasteiger partial charge in [-0.1, -0.05) is 48.5 Å². The Morgan fingerprint density at radius 1 is 0.783 bits per heavy atom. The molecule has 0 saturated carbocycles. The molecule has 2 aromatic carbocycles. The lowest BCUT2D eigenvalue weighted by atomic mass is 10.1. The molecule has 0 aromatic heterocycles. The highest BCUT2D eigenvalue weighted by Gasteiger charge is 1.96. The van der Waals surface area contributed by atoms with Gasteiger partial charge in [-0.05, 0) is 37.7 Å². The summed E-state index contributed by atoms with van der Waals surface area (Å²) in [4.78, 5) is 20.3. The Kier molecular flexibility index (Phi) is 11.9. The number of carbonyl (C=O) groups is 2. The number of hydrogen-bond acceptors (Lipinski definition) is 3. The summed E-state index contributed by atoms with van der Waals surface area (Å²) in [5.41, 5.74) is 9.71. The monoisotopic (exact) mass is 317 g/mol. The van der Waals surface area contributed by atoms with E-state index >= 15 is 0 Å². The van der Waals surface area contributed by atoms with Gasteiger partial charge in [0.15, 0.2) is 0 Å². The fourth-order valence-corrected chi connectivity index (χ4v) is 1.73. The van der Waals surface area contributed by atoms with Crippen molar-refractivity contribution in [3.63, 3.8) is 0 Å². The van der Waals surface area contributed by atoms with Gasteiger partial charge < -0.3 is 16.8 Å². The maximum absolute atomic E-state index is 10.2. The molecule has 0 bridgehead atoms. The second-order valence-corrected chi connectivity index (χ2v) is 4.99. The van der Waals surface area contributed by atoms with Gasteiger partial charge in [0, 0.05) is 12.8 Å². The first-order valence-corrected chi connectivity index (χ1v) is 7.60. The van der Waals surface area contributed by atoms with Crippen LogP contribution in [0.1, 0.15) is 25.7 Å². The standard InChI is InChI=1S/C10H8.C6H12N2O2.C2H7N/c1-2-6-10-8-4-3-7-9(10)5-1;7-5(9)3-1-2-4-6(8)10;1-3-2/h1-8H;1-4H2,(H2,7,9)(H2,8,10);3H,1-2H3. The van der Waals surface area contributed by atoms with Crippen molar-refractivity contribution in [3.8, 4) is 0 Å². The van der Waals surface area contributed by atoms with Crippen LogP contribution in [0.4, 0.5) is 0 Å². The second kappa shape index (κ2) is 13.3. The van der Waals surface area contributed by atoms with Gasteiger partial charge in [0.25, 0.3) is 0 Å². The molecule has 5 nitrogen and oxygen atoms in total. The third-order valence-corrected chi connectivity index (χ3v) is 2.76. The molecule has 0 fully saturated rings. The second-order valence-electron chi connectivity index (χ2n) is 4.99. The highest BCUT2D eigenvalue weighted by Crippen LogP contribution is 2.11. The molecule has 0 aliphatic rings. The Balaban J connectivity index is 0.000000360. The number of amides is 2. The number of hydrogen-bond donors (Lipinski definition) is 3. The average molecular weight is 317 g/mol. The van der Waals surface area contributed by atoms with E-state index in [1.807, 2.05) is 14.1 Å². The van der Waals surface area contributed by atoms with Crippen molar-refractivity contribution in [1.82, 2.24) is 5.32 Å². The predicted molar refractivity (Wildman–Crippen MR) is 95.8 cm³/mol. The number of rotatable bonds is 5. The molecule has 5 heteroatoms. The highest BCUT2D eigenvalue weighted by molar-refractivity contribution is 5.82. The zero-order valence-corrected chi connectivity index (χ0v) is 13.9. The predicted octanol–water partition coefficient (Wildman–Crippen LogP) is 2.19. The third-order valence-electron chi connectivity index (χ3n) is 2.76. The van der Waals surface area contributed by atoms with Crippen LogP contribution < -0.4 is 16.8 Å². The Hall–Kier alpha value is -2.40. The number of carbonyl (C=O) groups excluding carboxylic acids is 2. The topological polar surface area (TPSA) is 98.2 Å². The van der Waals surface area contributed by atoms with Crippen LogP contribution in [-0.2, 0) is 9.59 Å². The summed E-state index contributed by atoms with van der Waals surface area (Å²) in [6, 6.07) is 16.7. The van der Waals surface area contributed by atoms with Crippen molar-refractivity contribution >= 4 is 22.6 Å². The van der Waals surface area contributed by atoms with Crippen LogP contribution in [-0.4, -0.2) is 25.9 Å². The molecule has 0 heterocycles. The lowest BCUT2D eigenvalue weighted by molar-refractivity contribution is -0.119. The van der Waals surface area contributed by atoms with Gasteiger partial charge in [-0.2, -0.15) is 0 Å². The number of primary amides is 2. The van der Waals surface area contributed by atoms with Crippen molar-refractivity contribution in [3.05, 3.63) is 48.5 Å². The third kappa shape index (κ3) is 11.9. The molecule has 0 atom stereocenters. The van der Waals surface area contributed by atoms with Crippen LogP contribution in [0.15, 0.2) is 48.5 Å². The summed E-state index contributed by atoms with van der Waals surface area (Å²) in [5.74, 6) is -0.658. The van der Waals surface area contributed by atoms with Crippen molar-refractivity contribution in [1.29, 1.82) is 0 Å². The zero-order valence-electron chi connectivity index (χ0n) is 13.9. The van der Waals surface area contributed by atoms with E-state index in [-0.39, 0.29) is 11.8 Å². The molecule has 2 amide bonds. The van der Waals surface area contributed by atoms with Crippen LogP contribution in [0, 0.1) is 0 Å². The summed E-state index contributed by atoms with van der Waals surface area (Å²) in [6.07, 6.45) is 1.98. The fraction of sp³-hybridized carbons (Fsp3) is 0.333. The van der Waals surface area contributed by atoms with Crippen molar-refractivity contribution < 1.29 is 9.59 Å². The van der Waals surface area contributed by atoms with Gasteiger partial charge in [-0.15, -0.1) is 0 Å². The normalized spacial score (nSPS) is 9.13. The average Bonchev–Trinajstić information content (AvgIpc) is 2.53. The Morgan fingerprint density at radius 3 is 1.26 bits per heavy atom. The fourth-order valence-electron chi connectivity index (χ4n) is 1.73. The lowest BCUT2D eigenvalue weighted by Gasteiger charge is -1.93. The van der Waals surface area contributed by atoms with Crippen LogP contribution in [0.25, 0.3) is 10.8 Å². The minimum Gasteiger partial charge on any atom is -0.370 e. The first-order valence-electron chi connectivity index (χ1n) is 7.60. The van der Waals surface area contributed by atoms with Gasteiger partial charge in [0.2, 0.25) is 11.8 Å². The number of fused-ring (bicyclic) bond motifs is 1. The number of nitrogens with two attached hydrogens (primary N) is 2. The van der Waals surface area contributed by atoms with Gasteiger partial charge in [-0.3, -0.25) is 9.59 Å². The molecule has 5 N–H and O–H groups in total. The SMILES string of the molecule is CNC.NC(=O)CCCCC(N)=O.c1ccc2ccccc2c1. The van der Waals surface area contributed by atoms with Crippen LogP contribution in [0.2, 0.25) is 0 Å². The van der Waals surface area contributed by atoms with E-state index in [1.54, 1.807) is 0 Å². The van der Waals surface area contributed by atoms with Crippen molar-refractivity contribution in [2.24, 2.45) is 11.5 Å². The maximum atomic E-state index is 10.2. The van der Waals surface area contributed by atoms with Crippen molar-refractivity contribution in [2.75, 3.05) is 14.1 Å². The molecular weight excluding hydrogens is 290 g/mol. The Labute approximate surface area is 138 Å². The molecule has 2 rings (SSSR count). The first kappa shape index (κ1) is 20.6. The molecule has 0 aliphatic heterocycles. The molecule has 2 aromatic rings. The summed E-state index contributed by atoms with van der Waals surface area (Å²) >= 11 is 0. The summed E-state index contributed by atoms with van der Waals surface area (Å²) in [7, 11) is 3.75. The van der Waals surface area contributed by atoms with Gasteiger partial charge in [0.05, 0.1) is 0 Å². The summed E-state index contributed by atoms with van der Waals surface area (Å²) in [5, 5.41) is 5.37. The molecule has 0 saturated heterocycles. The minimum atomic E-state index is -0.329. The number of nitrogens with one attached hydrogen (secondary N) is 1. The van der Waals surface area contributed by atoms with Gasteiger partial charge >= 0.3 is 0 Å². The van der Waals surface area contributed by atoms with Crippen LogP contribution in [0.3, 0.4) is 0 Å². The smallest absolute Gasteiger partial charge is 0.217 e. The quantitative estimate of drug-likeness (QED) is 0.737. The summed E-state index contributed by atoms with van der Waals surface area (Å²) in [6.45, 7) is 0. The van der Waals surface area contributed by atoms with Crippen LogP contribution in [0.5, 0.6) is 0 Å². The van der Waals surface area contributed by atoms with E-state index in [1.165, 1.54) is 10.8 Å². The molecule has 0 unspecified atom stereocenters. The van der Waals surface area contributed by atoms with E-state index in [2.05, 4.69) is 53.8 Å². The zero-order chi connectivity index (χ0) is 17.5. The molecule has 23 heavy (non-hydrogen) atoms. The van der Waals surface area contributed by atoms with Gasteiger partial charge in [0.1, 0.15) is 0 Å². The van der Waals surface area contributed by atoms with E-state index in [0.717, 1.165) is 0 Å². The molecule has 0 aliphatic carbocycles. The first-order chi connectivity index (χ1) is 11.0. The molecule has 0 spiro atoms. The van der Waals surface area contributed by atoms with E-state index in [9.17, 15) is 9.59 Å². The Morgan fingerprint density at radius 2 is 1.04 bits per heavy atom. The molecule has 0 radical (unpaired) electrons. The molecular formula is C18H27N3O2. The lowest BCUT2D eigenvalue weighted by Crippen LogP contribution is -2.12. The summed E-state index contributed by atoms with van der Waals surface area (Å²) < 4.78 is 0. The number of benzene rings is 2. The van der Waals surface area contributed by atoms with Crippen LogP contribution >= 0.6 is 0 Å².